The van der Waals surface area contributed by atoms with Gasteiger partial charge in [-0.15, -0.1) is 0 Å². The summed E-state index contributed by atoms with van der Waals surface area (Å²) in [5.74, 6) is 2.19. The fraction of sp³-hybridized carbons (Fsp3) is 1.00. The molecule has 74 valence electrons. The third kappa shape index (κ3) is 5.87. The summed E-state index contributed by atoms with van der Waals surface area (Å²) in [5, 5.41) is 0. The average Bonchev–Trinajstić information content (AvgIpc) is 2.02. The second-order valence-corrected chi connectivity index (χ2v) is 13.0. The van der Waals surface area contributed by atoms with Crippen molar-refractivity contribution in [2.45, 2.75) is 27.2 Å². The van der Waals surface area contributed by atoms with Crippen LogP contribution in [0, 0.1) is 0 Å². The van der Waals surface area contributed by atoms with E-state index in [1.807, 2.05) is 29.7 Å². The summed E-state index contributed by atoms with van der Waals surface area (Å²) in [7, 11) is 0. The lowest BCUT2D eigenvalue weighted by Crippen LogP contribution is -1.84. The quantitative estimate of drug-likeness (QED) is 0.622. The fourth-order valence-electron chi connectivity index (χ4n) is 0.631. The van der Waals surface area contributed by atoms with E-state index in [0.29, 0.717) is 0 Å². The van der Waals surface area contributed by atoms with Crippen LogP contribution in [0.4, 0.5) is 0 Å². The van der Waals surface area contributed by atoms with E-state index in [-0.39, 0.29) is 0 Å². The smallest absolute Gasteiger partial charge is 0.174 e. The maximum atomic E-state index is 5.62. The highest BCUT2D eigenvalue weighted by Crippen LogP contribution is 2.70. The van der Waals surface area contributed by atoms with Crippen LogP contribution in [0.1, 0.15) is 27.2 Å². The lowest BCUT2D eigenvalue weighted by atomic mass is 10.6. The van der Waals surface area contributed by atoms with Crippen LogP contribution in [0.15, 0.2) is 0 Å². The molecule has 0 aliphatic heterocycles. The molecular formula is C7H17OPS3. The van der Waals surface area contributed by atoms with E-state index in [1.54, 1.807) is 0 Å². The monoisotopic (exact) mass is 244 g/mol. The van der Waals surface area contributed by atoms with Crippen molar-refractivity contribution in [2.24, 2.45) is 0 Å². The Morgan fingerprint density at radius 3 is 2.33 bits per heavy atom. The lowest BCUT2D eigenvalue weighted by molar-refractivity contribution is 0.393. The molecule has 0 amide bonds. The minimum Gasteiger partial charge on any atom is -0.334 e. The van der Waals surface area contributed by atoms with E-state index in [4.69, 9.17) is 16.3 Å². The molecule has 0 spiro atoms. The van der Waals surface area contributed by atoms with Crippen molar-refractivity contribution < 1.29 is 4.52 Å². The van der Waals surface area contributed by atoms with Gasteiger partial charge < -0.3 is 4.52 Å². The zero-order valence-corrected chi connectivity index (χ0v) is 11.3. The Morgan fingerprint density at radius 2 is 1.92 bits per heavy atom. The molecule has 1 atom stereocenters. The summed E-state index contributed by atoms with van der Waals surface area (Å²) in [5.41, 5.74) is 0. The Bertz CT molecular complexity index is 142. The van der Waals surface area contributed by atoms with Crippen molar-refractivity contribution in [3.8, 4) is 0 Å². The molecule has 5 heteroatoms. The van der Waals surface area contributed by atoms with Gasteiger partial charge in [0.25, 0.3) is 0 Å². The third-order valence-corrected chi connectivity index (χ3v) is 11.0. The molecule has 0 aliphatic carbocycles. The van der Waals surface area contributed by atoms with E-state index < -0.39 is 4.67 Å². The largest absolute Gasteiger partial charge is 0.334 e. The summed E-state index contributed by atoms with van der Waals surface area (Å²) < 4.78 is 4.05. The maximum Gasteiger partial charge on any atom is 0.174 e. The molecule has 1 unspecified atom stereocenters. The molecule has 0 rings (SSSR count). The third-order valence-electron chi connectivity index (χ3n) is 1.03. The topological polar surface area (TPSA) is 9.23 Å². The van der Waals surface area contributed by atoms with Gasteiger partial charge in [-0.05, 0) is 30.9 Å². The van der Waals surface area contributed by atoms with Crippen LogP contribution in [-0.4, -0.2) is 18.1 Å². The van der Waals surface area contributed by atoms with Crippen LogP contribution >= 0.6 is 27.4 Å². The molecule has 12 heavy (non-hydrogen) atoms. The molecule has 0 fully saturated rings. The van der Waals surface area contributed by atoms with Crippen molar-refractivity contribution in [1.29, 1.82) is 0 Å². The molecule has 1 nitrogen and oxygen atoms in total. The summed E-state index contributed by atoms with van der Waals surface area (Å²) >= 11 is 9.13. The van der Waals surface area contributed by atoms with Crippen LogP contribution < -0.4 is 0 Å². The molecular weight excluding hydrogens is 227 g/mol. The Balaban J connectivity index is 3.90. The number of rotatable bonds is 7. The van der Waals surface area contributed by atoms with Gasteiger partial charge in [-0.25, -0.2) is 0 Å². The van der Waals surface area contributed by atoms with Gasteiger partial charge >= 0.3 is 0 Å². The molecule has 0 aromatic rings. The van der Waals surface area contributed by atoms with Crippen LogP contribution in [-0.2, 0) is 16.3 Å². The first-order chi connectivity index (χ1) is 5.68. The highest BCUT2D eigenvalue weighted by Gasteiger charge is 2.16. The van der Waals surface area contributed by atoms with Crippen molar-refractivity contribution in [1.82, 2.24) is 0 Å². The summed E-state index contributed by atoms with van der Waals surface area (Å²) in [6.45, 7) is 7.08. The zero-order chi connectivity index (χ0) is 9.45. The minimum atomic E-state index is -1.57. The first-order valence-corrected chi connectivity index (χ1v) is 10.1. The molecule has 0 bridgehead atoms. The van der Waals surface area contributed by atoms with Crippen LogP contribution in [0.3, 0.4) is 0 Å². The summed E-state index contributed by atoms with van der Waals surface area (Å²) in [6, 6.07) is 0. The van der Waals surface area contributed by atoms with Gasteiger partial charge in [0, 0.05) is 5.75 Å². The summed E-state index contributed by atoms with van der Waals surface area (Å²) in [4.78, 5) is 0. The van der Waals surface area contributed by atoms with E-state index >= 15 is 0 Å². The zero-order valence-electron chi connectivity index (χ0n) is 7.91. The minimum absolute atomic E-state index is 0.751. The van der Waals surface area contributed by atoms with E-state index in [9.17, 15) is 0 Å². The average molecular weight is 244 g/mol. The number of hydrogen-bond donors (Lipinski definition) is 0. The Kier molecular flexibility index (Phi) is 8.53. The molecule has 0 saturated heterocycles. The summed E-state index contributed by atoms with van der Waals surface area (Å²) in [6.07, 6.45) is 1.18. The highest BCUT2D eigenvalue weighted by atomic mass is 33.2. The van der Waals surface area contributed by atoms with Crippen LogP contribution in [0.25, 0.3) is 0 Å². The van der Waals surface area contributed by atoms with Crippen LogP contribution in [0.2, 0.25) is 0 Å². The van der Waals surface area contributed by atoms with E-state index in [2.05, 4.69) is 13.8 Å². The van der Waals surface area contributed by atoms with Gasteiger partial charge in [-0.1, -0.05) is 36.6 Å². The van der Waals surface area contributed by atoms with Crippen molar-refractivity contribution >= 4 is 39.2 Å². The normalized spacial score (nSPS) is 15.9. The van der Waals surface area contributed by atoms with Gasteiger partial charge in [0.1, 0.15) is 0 Å². The molecule has 0 heterocycles. The number of hydrogen-bond acceptors (Lipinski definition) is 4. The van der Waals surface area contributed by atoms with Crippen molar-refractivity contribution in [2.75, 3.05) is 18.1 Å². The van der Waals surface area contributed by atoms with Gasteiger partial charge in [-0.3, -0.25) is 0 Å². The SMILES string of the molecule is CCCSP(=S)(OCC)SCC. The molecule has 0 aromatic heterocycles. The highest BCUT2D eigenvalue weighted by molar-refractivity contribution is 8.99. The molecule has 0 aliphatic rings. The standard InChI is InChI=1S/C7H17OPS3/c1-4-7-12-9(10,8-5-2)11-6-3/h4-7H2,1-3H3. The van der Waals surface area contributed by atoms with Gasteiger partial charge in [0.2, 0.25) is 0 Å². The van der Waals surface area contributed by atoms with Gasteiger partial charge in [0.05, 0.1) is 6.61 Å². The van der Waals surface area contributed by atoms with Crippen molar-refractivity contribution in [3.05, 3.63) is 0 Å². The van der Waals surface area contributed by atoms with Crippen molar-refractivity contribution in [3.63, 3.8) is 0 Å². The Labute approximate surface area is 89.0 Å². The second kappa shape index (κ2) is 7.69. The van der Waals surface area contributed by atoms with E-state index in [0.717, 1.165) is 18.1 Å². The molecule has 0 N–H and O–H groups in total. The Hall–Kier alpha value is 1.31. The fourth-order valence-corrected chi connectivity index (χ4v) is 9.59. The Morgan fingerprint density at radius 1 is 1.25 bits per heavy atom. The van der Waals surface area contributed by atoms with E-state index in [1.165, 1.54) is 6.42 Å². The first-order valence-electron chi connectivity index (χ1n) is 4.22. The lowest BCUT2D eigenvalue weighted by Gasteiger charge is -2.18. The second-order valence-electron chi connectivity index (χ2n) is 2.12. The molecule has 0 radical (unpaired) electrons. The van der Waals surface area contributed by atoms with Gasteiger partial charge in [0.15, 0.2) is 4.67 Å². The predicted molar refractivity (Wildman–Crippen MR) is 66.8 cm³/mol. The van der Waals surface area contributed by atoms with Crippen LogP contribution in [0.5, 0.6) is 0 Å². The molecule has 0 aromatic carbocycles. The predicted octanol–water partition coefficient (Wildman–Crippen LogP) is 4.14. The molecule has 0 saturated carbocycles. The van der Waals surface area contributed by atoms with Gasteiger partial charge in [-0.2, -0.15) is 0 Å². The first kappa shape index (κ1) is 13.3. The maximum absolute atomic E-state index is 5.62.